The zero-order chi connectivity index (χ0) is 18.3. The van der Waals surface area contributed by atoms with E-state index < -0.39 is 10.0 Å². The van der Waals surface area contributed by atoms with E-state index in [2.05, 4.69) is 22.9 Å². The van der Waals surface area contributed by atoms with Gasteiger partial charge in [-0.05, 0) is 55.7 Å². The van der Waals surface area contributed by atoms with E-state index in [-0.39, 0.29) is 0 Å². The lowest BCUT2D eigenvalue weighted by atomic mass is 10.00. The van der Waals surface area contributed by atoms with Crippen molar-refractivity contribution in [3.63, 3.8) is 0 Å². The first-order chi connectivity index (χ1) is 12.5. The van der Waals surface area contributed by atoms with Crippen molar-refractivity contribution in [2.45, 2.75) is 31.2 Å². The molecule has 0 radical (unpaired) electrons. The number of anilines is 1. The van der Waals surface area contributed by atoms with E-state index in [1.54, 1.807) is 19.2 Å². The molecule has 2 heterocycles. The van der Waals surface area contributed by atoms with Crippen molar-refractivity contribution in [3.8, 4) is 11.3 Å². The van der Waals surface area contributed by atoms with Crippen LogP contribution in [0.4, 0.5) is 5.69 Å². The van der Waals surface area contributed by atoms with Crippen LogP contribution >= 0.6 is 0 Å². The molecule has 1 aliphatic rings. The van der Waals surface area contributed by atoms with Crippen LogP contribution < -0.4 is 4.31 Å². The summed E-state index contributed by atoms with van der Waals surface area (Å²) in [5, 5.41) is 0. The first kappa shape index (κ1) is 16.9. The molecule has 26 heavy (non-hydrogen) atoms. The molecule has 0 N–H and O–H groups in total. The Bertz CT molecular complexity index is 1050. The highest BCUT2D eigenvalue weighted by Crippen LogP contribution is 2.38. The first-order valence-electron chi connectivity index (χ1n) is 8.81. The summed E-state index contributed by atoms with van der Waals surface area (Å²) in [7, 11) is -1.97. The summed E-state index contributed by atoms with van der Waals surface area (Å²) in [4.78, 5) is 0.312. The zero-order valence-corrected chi connectivity index (χ0v) is 15.8. The Morgan fingerprint density at radius 3 is 2.54 bits per heavy atom. The van der Waals surface area contributed by atoms with Crippen LogP contribution in [0.15, 0.2) is 65.7 Å². The van der Waals surface area contributed by atoms with Crippen LogP contribution in [-0.2, 0) is 23.0 Å². The van der Waals surface area contributed by atoms with Crippen LogP contribution in [0.3, 0.4) is 0 Å². The number of nitrogens with zero attached hydrogens (tertiary/aromatic N) is 2. The minimum absolute atomic E-state index is 0.312. The minimum Gasteiger partial charge on any atom is -0.347 e. The van der Waals surface area contributed by atoms with E-state index in [4.69, 9.17) is 0 Å². The standard InChI is InChI=1S/C21H22N2O2S/c1-16-10-12-18(13-11-16)26(24,25)22(2)19-8-3-6-17-7-4-14-23-15-5-9-20(23)21(17)19/h3,5-6,8-13,15H,4,7,14H2,1-2H3. The largest absolute Gasteiger partial charge is 0.347 e. The summed E-state index contributed by atoms with van der Waals surface area (Å²) < 4.78 is 30.0. The van der Waals surface area contributed by atoms with Gasteiger partial charge in [0, 0.05) is 25.4 Å². The molecule has 0 spiro atoms. The van der Waals surface area contributed by atoms with Gasteiger partial charge < -0.3 is 4.57 Å². The average molecular weight is 366 g/mol. The van der Waals surface area contributed by atoms with Gasteiger partial charge in [-0.2, -0.15) is 0 Å². The predicted octanol–water partition coefficient (Wildman–Crippen LogP) is 4.23. The van der Waals surface area contributed by atoms with E-state index in [0.29, 0.717) is 4.90 Å². The van der Waals surface area contributed by atoms with Crippen molar-refractivity contribution < 1.29 is 8.42 Å². The molecule has 0 bridgehead atoms. The van der Waals surface area contributed by atoms with E-state index in [1.807, 2.05) is 37.3 Å². The van der Waals surface area contributed by atoms with Gasteiger partial charge in [0.2, 0.25) is 0 Å². The monoisotopic (exact) mass is 366 g/mol. The molecule has 0 unspecified atom stereocenters. The van der Waals surface area contributed by atoms with Gasteiger partial charge >= 0.3 is 0 Å². The number of hydrogen-bond donors (Lipinski definition) is 0. The summed E-state index contributed by atoms with van der Waals surface area (Å²) in [5.74, 6) is 0. The molecule has 0 atom stereocenters. The highest BCUT2D eigenvalue weighted by molar-refractivity contribution is 7.92. The molecule has 0 saturated carbocycles. The lowest BCUT2D eigenvalue weighted by Crippen LogP contribution is -2.27. The maximum Gasteiger partial charge on any atom is 0.264 e. The van der Waals surface area contributed by atoms with Gasteiger partial charge in [0.05, 0.1) is 16.3 Å². The minimum atomic E-state index is -3.62. The molecule has 4 nitrogen and oxygen atoms in total. The first-order valence-corrected chi connectivity index (χ1v) is 10.3. The highest BCUT2D eigenvalue weighted by atomic mass is 32.2. The molecule has 134 valence electrons. The molecule has 1 aliphatic heterocycles. The maximum absolute atomic E-state index is 13.2. The van der Waals surface area contributed by atoms with Gasteiger partial charge in [-0.3, -0.25) is 4.31 Å². The fraction of sp³-hybridized carbons (Fsp3) is 0.238. The van der Waals surface area contributed by atoms with E-state index in [0.717, 1.165) is 41.9 Å². The van der Waals surface area contributed by atoms with Crippen molar-refractivity contribution in [1.82, 2.24) is 4.57 Å². The van der Waals surface area contributed by atoms with Crippen LogP contribution in [0.2, 0.25) is 0 Å². The lowest BCUT2D eigenvalue weighted by molar-refractivity contribution is 0.594. The predicted molar refractivity (Wildman–Crippen MR) is 105 cm³/mol. The van der Waals surface area contributed by atoms with Gasteiger partial charge in [-0.15, -0.1) is 0 Å². The number of benzene rings is 2. The van der Waals surface area contributed by atoms with Crippen molar-refractivity contribution in [2.75, 3.05) is 11.4 Å². The quantitative estimate of drug-likeness (QED) is 0.696. The van der Waals surface area contributed by atoms with Gasteiger partial charge in [-0.1, -0.05) is 29.8 Å². The Morgan fingerprint density at radius 1 is 1.00 bits per heavy atom. The molecular formula is C21H22N2O2S. The van der Waals surface area contributed by atoms with Gasteiger partial charge in [0.25, 0.3) is 10.0 Å². The van der Waals surface area contributed by atoms with E-state index in [1.165, 1.54) is 9.87 Å². The van der Waals surface area contributed by atoms with E-state index in [9.17, 15) is 8.42 Å². The second-order valence-corrected chi connectivity index (χ2v) is 8.76. The molecule has 0 amide bonds. The fourth-order valence-electron chi connectivity index (χ4n) is 3.63. The van der Waals surface area contributed by atoms with Crippen LogP contribution in [0.25, 0.3) is 11.3 Å². The molecule has 0 saturated heterocycles. The Labute approximate surface area is 154 Å². The number of aryl methyl sites for hydroxylation is 3. The Morgan fingerprint density at radius 2 is 1.77 bits per heavy atom. The lowest BCUT2D eigenvalue weighted by Gasteiger charge is -2.24. The van der Waals surface area contributed by atoms with Gasteiger partial charge in [0.15, 0.2) is 0 Å². The number of sulfonamides is 1. The van der Waals surface area contributed by atoms with Gasteiger partial charge in [0.1, 0.15) is 0 Å². The summed E-state index contributed by atoms with van der Waals surface area (Å²) in [5.41, 5.74) is 5.07. The summed E-state index contributed by atoms with van der Waals surface area (Å²) >= 11 is 0. The molecule has 0 aliphatic carbocycles. The van der Waals surface area contributed by atoms with Gasteiger partial charge in [-0.25, -0.2) is 8.42 Å². The highest BCUT2D eigenvalue weighted by Gasteiger charge is 2.26. The zero-order valence-electron chi connectivity index (χ0n) is 15.0. The molecule has 3 aromatic rings. The van der Waals surface area contributed by atoms with Crippen molar-refractivity contribution >= 4 is 15.7 Å². The molecule has 4 rings (SSSR count). The Kier molecular flexibility index (Phi) is 4.11. The summed E-state index contributed by atoms with van der Waals surface area (Å²) in [6, 6.07) is 17.1. The van der Waals surface area contributed by atoms with Crippen molar-refractivity contribution in [3.05, 3.63) is 71.9 Å². The van der Waals surface area contributed by atoms with Crippen LogP contribution in [0.5, 0.6) is 0 Å². The maximum atomic E-state index is 13.2. The Hall–Kier alpha value is -2.53. The second kappa shape index (κ2) is 6.32. The SMILES string of the molecule is Cc1ccc(S(=O)(=O)N(C)c2cccc3c2-c2cccn2CCC3)cc1. The molecule has 5 heteroatoms. The second-order valence-electron chi connectivity index (χ2n) is 6.79. The van der Waals surface area contributed by atoms with Crippen LogP contribution in [-0.4, -0.2) is 20.0 Å². The smallest absolute Gasteiger partial charge is 0.264 e. The number of hydrogen-bond acceptors (Lipinski definition) is 2. The number of rotatable bonds is 3. The number of fused-ring (bicyclic) bond motifs is 3. The third-order valence-corrected chi connectivity index (χ3v) is 6.86. The topological polar surface area (TPSA) is 42.3 Å². The molecular weight excluding hydrogens is 344 g/mol. The third kappa shape index (κ3) is 2.72. The van der Waals surface area contributed by atoms with Crippen molar-refractivity contribution in [1.29, 1.82) is 0 Å². The van der Waals surface area contributed by atoms with Crippen LogP contribution in [0.1, 0.15) is 17.5 Å². The molecule has 2 aromatic carbocycles. The molecule has 0 fully saturated rings. The average Bonchev–Trinajstić information content (AvgIpc) is 3.02. The normalized spacial score (nSPS) is 13.6. The van der Waals surface area contributed by atoms with E-state index >= 15 is 0 Å². The summed E-state index contributed by atoms with van der Waals surface area (Å²) in [6.07, 6.45) is 4.06. The Balaban J connectivity index is 1.87. The van der Waals surface area contributed by atoms with Crippen molar-refractivity contribution in [2.24, 2.45) is 0 Å². The molecule has 1 aromatic heterocycles. The third-order valence-electron chi connectivity index (χ3n) is 5.08. The summed E-state index contributed by atoms with van der Waals surface area (Å²) in [6.45, 7) is 2.90. The number of aromatic nitrogens is 1. The fourth-order valence-corrected chi connectivity index (χ4v) is 4.83. The van der Waals surface area contributed by atoms with Crippen LogP contribution in [0, 0.1) is 6.92 Å².